The van der Waals surface area contributed by atoms with Gasteiger partial charge in [0.25, 0.3) is 0 Å². The van der Waals surface area contributed by atoms with Gasteiger partial charge >= 0.3 is 0 Å². The average Bonchev–Trinajstić information content (AvgIpc) is 2.99. The molecule has 2 rings (SSSR count). The average molecular weight is 316 g/mol. The molecule has 0 spiro atoms. The molecule has 15 heavy (non-hydrogen) atoms. The summed E-state index contributed by atoms with van der Waals surface area (Å²) < 4.78 is 7.02. The molecule has 0 unspecified atom stereocenters. The lowest BCUT2D eigenvalue weighted by atomic mass is 10.0. The molecule has 0 heterocycles. The second-order valence-electron chi connectivity index (χ2n) is 4.60. The number of benzene rings is 1. The lowest BCUT2D eigenvalue weighted by Crippen LogP contribution is -2.01. The zero-order chi connectivity index (χ0) is 10.8. The molecule has 1 aromatic carbocycles. The molecular weight excluding hydrogens is 299 g/mol. The van der Waals surface area contributed by atoms with E-state index >= 15 is 0 Å². The van der Waals surface area contributed by atoms with Crippen LogP contribution in [0.15, 0.2) is 18.2 Å². The second-order valence-corrected chi connectivity index (χ2v) is 5.76. The SMILES string of the molecule is CC(C)c1ccc(OCC2CC2)c(I)c1. The maximum Gasteiger partial charge on any atom is 0.132 e. The van der Waals surface area contributed by atoms with Gasteiger partial charge < -0.3 is 4.74 Å². The highest BCUT2D eigenvalue weighted by Gasteiger charge is 2.22. The second kappa shape index (κ2) is 4.73. The Kier molecular flexibility index (Phi) is 3.54. The number of halogens is 1. The monoisotopic (exact) mass is 316 g/mol. The Bertz CT molecular complexity index is 342. The van der Waals surface area contributed by atoms with E-state index in [0.717, 1.165) is 18.3 Å². The van der Waals surface area contributed by atoms with Gasteiger partial charge in [0.1, 0.15) is 5.75 Å². The van der Waals surface area contributed by atoms with Crippen molar-refractivity contribution in [3.8, 4) is 5.75 Å². The molecule has 0 saturated heterocycles. The first-order valence-corrected chi connectivity index (χ1v) is 6.67. The first-order valence-electron chi connectivity index (χ1n) is 5.59. The summed E-state index contributed by atoms with van der Waals surface area (Å²) in [5, 5.41) is 0. The molecule has 1 nitrogen and oxygen atoms in total. The highest BCUT2D eigenvalue weighted by atomic mass is 127. The van der Waals surface area contributed by atoms with Gasteiger partial charge in [-0.3, -0.25) is 0 Å². The Hall–Kier alpha value is -0.250. The highest BCUT2D eigenvalue weighted by Crippen LogP contribution is 2.31. The fourth-order valence-electron chi connectivity index (χ4n) is 1.49. The van der Waals surface area contributed by atoms with E-state index in [1.54, 1.807) is 0 Å². The summed E-state index contributed by atoms with van der Waals surface area (Å²) in [6, 6.07) is 6.52. The van der Waals surface area contributed by atoms with Crippen molar-refractivity contribution < 1.29 is 4.74 Å². The van der Waals surface area contributed by atoms with Crippen molar-refractivity contribution in [3.63, 3.8) is 0 Å². The molecule has 82 valence electrons. The third-order valence-electron chi connectivity index (χ3n) is 2.79. The number of ether oxygens (including phenoxy) is 1. The molecule has 0 aliphatic heterocycles. The molecule has 0 radical (unpaired) electrons. The van der Waals surface area contributed by atoms with Crippen molar-refractivity contribution in [2.45, 2.75) is 32.6 Å². The summed E-state index contributed by atoms with van der Waals surface area (Å²) in [4.78, 5) is 0. The Morgan fingerprint density at radius 2 is 2.13 bits per heavy atom. The van der Waals surface area contributed by atoms with Gasteiger partial charge in [-0.05, 0) is 65.0 Å². The Morgan fingerprint density at radius 1 is 1.40 bits per heavy atom. The molecule has 1 aliphatic carbocycles. The van der Waals surface area contributed by atoms with Crippen molar-refractivity contribution in [1.29, 1.82) is 0 Å². The van der Waals surface area contributed by atoms with Crippen LogP contribution in [0.4, 0.5) is 0 Å². The lowest BCUT2D eigenvalue weighted by Gasteiger charge is -2.11. The summed E-state index contributed by atoms with van der Waals surface area (Å²) in [7, 11) is 0. The van der Waals surface area contributed by atoms with E-state index in [1.165, 1.54) is 22.0 Å². The van der Waals surface area contributed by atoms with Crippen molar-refractivity contribution in [2.24, 2.45) is 5.92 Å². The molecule has 0 N–H and O–H groups in total. The maximum atomic E-state index is 5.79. The molecule has 1 aliphatic rings. The topological polar surface area (TPSA) is 9.23 Å². The van der Waals surface area contributed by atoms with Crippen LogP contribution in [0.25, 0.3) is 0 Å². The van der Waals surface area contributed by atoms with Gasteiger partial charge in [-0.25, -0.2) is 0 Å². The predicted octanol–water partition coefficient (Wildman–Crippen LogP) is 4.20. The van der Waals surface area contributed by atoms with Gasteiger partial charge in [0.2, 0.25) is 0 Å². The van der Waals surface area contributed by atoms with Gasteiger partial charge in [-0.1, -0.05) is 19.9 Å². The quantitative estimate of drug-likeness (QED) is 0.756. The van der Waals surface area contributed by atoms with Crippen LogP contribution in [0, 0.1) is 9.49 Å². The molecule has 1 aromatic rings. The molecule has 0 bridgehead atoms. The van der Waals surface area contributed by atoms with E-state index in [9.17, 15) is 0 Å². The summed E-state index contributed by atoms with van der Waals surface area (Å²) >= 11 is 2.36. The summed E-state index contributed by atoms with van der Waals surface area (Å²) in [5.74, 6) is 2.47. The molecule has 2 heteroatoms. The maximum absolute atomic E-state index is 5.79. The van der Waals surface area contributed by atoms with Crippen LogP contribution < -0.4 is 4.74 Å². The Balaban J connectivity index is 2.04. The number of hydrogen-bond acceptors (Lipinski definition) is 1. The van der Waals surface area contributed by atoms with Gasteiger partial charge in [0.05, 0.1) is 10.2 Å². The Morgan fingerprint density at radius 3 is 2.67 bits per heavy atom. The summed E-state index contributed by atoms with van der Waals surface area (Å²) in [6.45, 7) is 5.34. The number of hydrogen-bond donors (Lipinski definition) is 0. The molecular formula is C13H17IO. The van der Waals surface area contributed by atoms with Crippen LogP contribution in [0.3, 0.4) is 0 Å². The van der Waals surface area contributed by atoms with E-state index in [-0.39, 0.29) is 0 Å². The van der Waals surface area contributed by atoms with Crippen molar-refractivity contribution in [3.05, 3.63) is 27.3 Å². The van der Waals surface area contributed by atoms with Crippen molar-refractivity contribution in [2.75, 3.05) is 6.61 Å². The fraction of sp³-hybridized carbons (Fsp3) is 0.538. The Labute approximate surface area is 105 Å². The predicted molar refractivity (Wildman–Crippen MR) is 71.5 cm³/mol. The molecule has 1 fully saturated rings. The van der Waals surface area contributed by atoms with Gasteiger partial charge in [0, 0.05) is 0 Å². The van der Waals surface area contributed by atoms with Gasteiger partial charge in [0.15, 0.2) is 0 Å². The van der Waals surface area contributed by atoms with E-state index in [2.05, 4.69) is 54.6 Å². The number of rotatable bonds is 4. The van der Waals surface area contributed by atoms with Gasteiger partial charge in [-0.15, -0.1) is 0 Å². The first-order chi connectivity index (χ1) is 7.16. The standard InChI is InChI=1S/C13H17IO/c1-9(2)11-5-6-13(12(14)7-11)15-8-10-3-4-10/h5-7,9-10H,3-4,8H2,1-2H3. The minimum Gasteiger partial charge on any atom is -0.492 e. The van der Waals surface area contributed by atoms with Crippen molar-refractivity contribution >= 4 is 22.6 Å². The van der Waals surface area contributed by atoms with Crippen LogP contribution in [0.2, 0.25) is 0 Å². The zero-order valence-electron chi connectivity index (χ0n) is 9.29. The summed E-state index contributed by atoms with van der Waals surface area (Å²) in [5.41, 5.74) is 1.39. The molecule has 0 aromatic heterocycles. The van der Waals surface area contributed by atoms with E-state index in [1.807, 2.05) is 0 Å². The van der Waals surface area contributed by atoms with Crippen LogP contribution in [-0.4, -0.2) is 6.61 Å². The third-order valence-corrected chi connectivity index (χ3v) is 3.64. The minimum atomic E-state index is 0.594. The van der Waals surface area contributed by atoms with E-state index in [0.29, 0.717) is 5.92 Å². The normalized spacial score (nSPS) is 15.7. The summed E-state index contributed by atoms with van der Waals surface area (Å²) in [6.07, 6.45) is 2.70. The third kappa shape index (κ3) is 3.10. The zero-order valence-corrected chi connectivity index (χ0v) is 11.5. The van der Waals surface area contributed by atoms with Gasteiger partial charge in [-0.2, -0.15) is 0 Å². The first kappa shape index (κ1) is 11.2. The lowest BCUT2D eigenvalue weighted by molar-refractivity contribution is 0.297. The van der Waals surface area contributed by atoms with Crippen LogP contribution in [0.5, 0.6) is 5.75 Å². The smallest absolute Gasteiger partial charge is 0.132 e. The van der Waals surface area contributed by atoms with Crippen LogP contribution >= 0.6 is 22.6 Å². The fourth-order valence-corrected chi connectivity index (χ4v) is 2.18. The minimum absolute atomic E-state index is 0.594. The van der Waals surface area contributed by atoms with Crippen LogP contribution in [-0.2, 0) is 0 Å². The largest absolute Gasteiger partial charge is 0.492 e. The van der Waals surface area contributed by atoms with Crippen molar-refractivity contribution in [1.82, 2.24) is 0 Å². The molecule has 1 saturated carbocycles. The van der Waals surface area contributed by atoms with E-state index in [4.69, 9.17) is 4.74 Å². The van der Waals surface area contributed by atoms with E-state index < -0.39 is 0 Å². The molecule has 0 amide bonds. The molecule has 0 atom stereocenters. The van der Waals surface area contributed by atoms with Crippen LogP contribution in [0.1, 0.15) is 38.2 Å². The highest BCUT2D eigenvalue weighted by molar-refractivity contribution is 14.1.